The van der Waals surface area contributed by atoms with Crippen LogP contribution in [-0.2, 0) is 6.42 Å². The molecule has 2 N–H and O–H groups in total. The molecule has 0 bridgehead atoms. The summed E-state index contributed by atoms with van der Waals surface area (Å²) in [6, 6.07) is 2.55. The minimum absolute atomic E-state index is 0.0576. The average Bonchev–Trinajstić information content (AvgIpc) is 2.63. The van der Waals surface area contributed by atoms with E-state index in [-0.39, 0.29) is 5.54 Å². The molecule has 1 atom stereocenters. The maximum Gasteiger partial charge on any atom is 0.0643 e. The summed E-state index contributed by atoms with van der Waals surface area (Å²) in [6.45, 7) is 8.97. The van der Waals surface area contributed by atoms with Crippen LogP contribution >= 0.6 is 0 Å². The summed E-state index contributed by atoms with van der Waals surface area (Å²) in [6.07, 6.45) is 7.76. The quantitative estimate of drug-likeness (QED) is 0.893. The number of rotatable bonds is 3. The van der Waals surface area contributed by atoms with Crippen molar-refractivity contribution in [3.63, 3.8) is 0 Å². The maximum atomic E-state index is 6.60. The van der Waals surface area contributed by atoms with Gasteiger partial charge >= 0.3 is 0 Å². The van der Waals surface area contributed by atoms with Crippen LogP contribution in [0.1, 0.15) is 65.1 Å². The first-order valence-corrected chi connectivity index (χ1v) is 7.13. The van der Waals surface area contributed by atoms with E-state index in [4.69, 9.17) is 5.73 Å². The molecule has 3 nitrogen and oxygen atoms in total. The highest BCUT2D eigenvalue weighted by atomic mass is 15.3. The van der Waals surface area contributed by atoms with Gasteiger partial charge in [-0.2, -0.15) is 5.10 Å². The second-order valence-corrected chi connectivity index (χ2v) is 7.11. The Bertz CT molecular complexity index is 406. The van der Waals surface area contributed by atoms with Gasteiger partial charge in [-0.3, -0.25) is 4.68 Å². The van der Waals surface area contributed by atoms with E-state index < -0.39 is 0 Å². The fourth-order valence-corrected chi connectivity index (χ4v) is 3.32. The van der Waals surface area contributed by atoms with Crippen molar-refractivity contribution in [1.82, 2.24) is 9.78 Å². The third-order valence-corrected chi connectivity index (χ3v) is 4.08. The van der Waals surface area contributed by atoms with Gasteiger partial charge in [0, 0.05) is 24.2 Å². The minimum atomic E-state index is -0.0576. The highest BCUT2D eigenvalue weighted by Gasteiger charge is 2.37. The molecule has 1 heterocycles. The topological polar surface area (TPSA) is 43.8 Å². The zero-order valence-corrected chi connectivity index (χ0v) is 12.2. The van der Waals surface area contributed by atoms with Crippen LogP contribution in [0.15, 0.2) is 12.3 Å². The lowest BCUT2D eigenvalue weighted by molar-refractivity contribution is 0.150. The summed E-state index contributed by atoms with van der Waals surface area (Å²) in [4.78, 5) is 0. The van der Waals surface area contributed by atoms with Crippen molar-refractivity contribution in [1.29, 1.82) is 0 Å². The number of hydrogen-bond donors (Lipinski definition) is 1. The van der Waals surface area contributed by atoms with Crippen LogP contribution in [0.2, 0.25) is 0 Å². The smallest absolute Gasteiger partial charge is 0.0643 e. The molecule has 1 aromatic rings. The standard InChI is InChI=1S/C15H27N3/c1-12(2)18-9-6-13(17-18)10-15(16)8-5-7-14(3,4)11-15/h6,9,12H,5,7-8,10-11,16H2,1-4H3. The molecule has 1 fully saturated rings. The maximum absolute atomic E-state index is 6.60. The summed E-state index contributed by atoms with van der Waals surface area (Å²) in [5.41, 5.74) is 8.07. The molecule has 1 saturated carbocycles. The molecule has 102 valence electrons. The Hall–Kier alpha value is -0.830. The predicted molar refractivity (Wildman–Crippen MR) is 75.5 cm³/mol. The SMILES string of the molecule is CC(C)n1ccc(CC2(N)CCCC(C)(C)C2)n1. The van der Waals surface area contributed by atoms with E-state index in [0.717, 1.165) is 25.0 Å². The molecule has 1 aromatic heterocycles. The Morgan fingerprint density at radius 2 is 2.11 bits per heavy atom. The van der Waals surface area contributed by atoms with E-state index in [2.05, 4.69) is 45.1 Å². The van der Waals surface area contributed by atoms with Crippen LogP contribution in [0, 0.1) is 5.41 Å². The molecule has 1 aliphatic rings. The fourth-order valence-electron chi connectivity index (χ4n) is 3.32. The first-order valence-electron chi connectivity index (χ1n) is 7.13. The van der Waals surface area contributed by atoms with Crippen molar-refractivity contribution >= 4 is 0 Å². The fraction of sp³-hybridized carbons (Fsp3) is 0.800. The van der Waals surface area contributed by atoms with Crippen molar-refractivity contribution in [2.75, 3.05) is 0 Å². The van der Waals surface area contributed by atoms with E-state index in [9.17, 15) is 0 Å². The first kappa shape index (κ1) is 13.6. The first-order chi connectivity index (χ1) is 8.30. The molecule has 0 radical (unpaired) electrons. The lowest BCUT2D eigenvalue weighted by atomic mass is 9.67. The van der Waals surface area contributed by atoms with Gasteiger partial charge in [0.1, 0.15) is 0 Å². The Kier molecular flexibility index (Phi) is 3.54. The van der Waals surface area contributed by atoms with Crippen LogP contribution < -0.4 is 5.73 Å². The van der Waals surface area contributed by atoms with E-state index >= 15 is 0 Å². The second-order valence-electron chi connectivity index (χ2n) is 7.11. The molecule has 18 heavy (non-hydrogen) atoms. The lowest BCUT2D eigenvalue weighted by Crippen LogP contribution is -2.48. The van der Waals surface area contributed by atoms with Gasteiger partial charge in [-0.05, 0) is 44.6 Å². The monoisotopic (exact) mass is 249 g/mol. The van der Waals surface area contributed by atoms with E-state index in [0.29, 0.717) is 11.5 Å². The van der Waals surface area contributed by atoms with Gasteiger partial charge in [-0.1, -0.05) is 20.3 Å². The van der Waals surface area contributed by atoms with Crippen molar-refractivity contribution in [2.45, 2.75) is 71.4 Å². The van der Waals surface area contributed by atoms with Gasteiger partial charge in [-0.25, -0.2) is 0 Å². The predicted octanol–water partition coefficient (Wildman–Crippen LogP) is 3.30. The molecule has 1 unspecified atom stereocenters. The van der Waals surface area contributed by atoms with Crippen molar-refractivity contribution in [3.8, 4) is 0 Å². The zero-order chi connectivity index (χ0) is 13.4. The van der Waals surface area contributed by atoms with Crippen molar-refractivity contribution in [2.24, 2.45) is 11.1 Å². The Morgan fingerprint density at radius 1 is 1.39 bits per heavy atom. The molecule has 0 amide bonds. The number of nitrogens with zero attached hydrogens (tertiary/aromatic N) is 2. The number of nitrogens with two attached hydrogens (primary N) is 1. The second kappa shape index (κ2) is 4.69. The molecular formula is C15H27N3. The largest absolute Gasteiger partial charge is 0.325 e. The molecule has 0 aromatic carbocycles. The Balaban J connectivity index is 2.07. The molecule has 3 heteroatoms. The van der Waals surface area contributed by atoms with Gasteiger partial charge in [0.05, 0.1) is 5.69 Å². The van der Waals surface area contributed by atoms with Crippen LogP contribution in [0.5, 0.6) is 0 Å². The van der Waals surface area contributed by atoms with Gasteiger partial charge in [0.25, 0.3) is 0 Å². The normalized spacial score (nSPS) is 27.7. The van der Waals surface area contributed by atoms with Crippen molar-refractivity contribution in [3.05, 3.63) is 18.0 Å². The summed E-state index contributed by atoms with van der Waals surface area (Å²) < 4.78 is 2.02. The highest BCUT2D eigenvalue weighted by molar-refractivity contribution is 5.08. The molecule has 1 aliphatic carbocycles. The molecule has 0 spiro atoms. The zero-order valence-electron chi connectivity index (χ0n) is 12.2. The van der Waals surface area contributed by atoms with Crippen LogP contribution in [0.4, 0.5) is 0 Å². The summed E-state index contributed by atoms with van der Waals surface area (Å²) in [5, 5.41) is 4.63. The van der Waals surface area contributed by atoms with Crippen molar-refractivity contribution < 1.29 is 0 Å². The molecule has 0 aliphatic heterocycles. The number of hydrogen-bond acceptors (Lipinski definition) is 2. The van der Waals surface area contributed by atoms with Crippen LogP contribution in [-0.4, -0.2) is 15.3 Å². The Morgan fingerprint density at radius 3 is 2.67 bits per heavy atom. The molecular weight excluding hydrogens is 222 g/mol. The van der Waals surface area contributed by atoms with Gasteiger partial charge < -0.3 is 5.73 Å². The van der Waals surface area contributed by atoms with Crippen LogP contribution in [0.25, 0.3) is 0 Å². The summed E-state index contributed by atoms with van der Waals surface area (Å²) >= 11 is 0. The third kappa shape index (κ3) is 3.14. The lowest BCUT2D eigenvalue weighted by Gasteiger charge is -2.42. The highest BCUT2D eigenvalue weighted by Crippen LogP contribution is 2.40. The molecule has 2 rings (SSSR count). The average molecular weight is 249 g/mol. The molecule has 0 saturated heterocycles. The summed E-state index contributed by atoms with van der Waals surface area (Å²) in [7, 11) is 0. The van der Waals surface area contributed by atoms with Gasteiger partial charge in [-0.15, -0.1) is 0 Å². The summed E-state index contributed by atoms with van der Waals surface area (Å²) in [5.74, 6) is 0. The van der Waals surface area contributed by atoms with Crippen LogP contribution in [0.3, 0.4) is 0 Å². The third-order valence-electron chi connectivity index (χ3n) is 4.08. The minimum Gasteiger partial charge on any atom is -0.325 e. The Labute approximate surface area is 111 Å². The van der Waals surface area contributed by atoms with Gasteiger partial charge in [0.2, 0.25) is 0 Å². The van der Waals surface area contributed by atoms with E-state index in [1.807, 2.05) is 4.68 Å². The van der Waals surface area contributed by atoms with E-state index in [1.165, 1.54) is 12.8 Å². The van der Waals surface area contributed by atoms with Gasteiger partial charge in [0.15, 0.2) is 0 Å². The number of aromatic nitrogens is 2. The van der Waals surface area contributed by atoms with E-state index in [1.54, 1.807) is 0 Å².